The molecule has 1 fully saturated rings. The van der Waals surface area contributed by atoms with Crippen LogP contribution in [0.5, 0.6) is 0 Å². The number of benzene rings is 1. The van der Waals surface area contributed by atoms with E-state index >= 15 is 0 Å². The summed E-state index contributed by atoms with van der Waals surface area (Å²) >= 11 is 1.62. The summed E-state index contributed by atoms with van der Waals surface area (Å²) in [4.78, 5) is 13.0. The van der Waals surface area contributed by atoms with Crippen LogP contribution in [0.3, 0.4) is 0 Å². The van der Waals surface area contributed by atoms with Crippen LogP contribution >= 0.6 is 11.8 Å². The molecule has 1 aromatic carbocycles. The Morgan fingerprint density at radius 1 is 1.35 bits per heavy atom. The molecule has 1 amide bonds. The van der Waals surface area contributed by atoms with Crippen LogP contribution in [0.15, 0.2) is 23.1 Å². The molecule has 1 aromatic rings. The van der Waals surface area contributed by atoms with Gasteiger partial charge in [-0.05, 0) is 61.3 Å². The Labute approximate surface area is 124 Å². The molecule has 0 aromatic heterocycles. The molecule has 1 unspecified atom stereocenters. The summed E-state index contributed by atoms with van der Waals surface area (Å²) in [7, 11) is 0. The van der Waals surface area contributed by atoms with Crippen LogP contribution in [0, 0.1) is 5.92 Å². The van der Waals surface area contributed by atoms with Crippen LogP contribution in [0.1, 0.15) is 30.4 Å². The third-order valence-corrected chi connectivity index (χ3v) is 5.20. The number of hydrogen-bond acceptors (Lipinski definition) is 3. The Balaban J connectivity index is 1.43. The largest absolute Gasteiger partial charge is 0.354 e. The van der Waals surface area contributed by atoms with Gasteiger partial charge in [0, 0.05) is 17.5 Å². The van der Waals surface area contributed by atoms with Gasteiger partial charge >= 0.3 is 0 Å². The highest BCUT2D eigenvalue weighted by atomic mass is 32.2. The fraction of sp³-hybridized carbons (Fsp3) is 0.562. The zero-order chi connectivity index (χ0) is 13.9. The Kier molecular flexibility index (Phi) is 4.32. The van der Waals surface area contributed by atoms with Crippen molar-refractivity contribution in [1.82, 2.24) is 5.32 Å². The smallest absolute Gasteiger partial charge is 0.230 e. The maximum atomic E-state index is 11.8. The fourth-order valence-electron chi connectivity index (χ4n) is 2.76. The number of fused-ring (bicyclic) bond motifs is 1. The molecule has 0 spiro atoms. The predicted octanol–water partition coefficient (Wildman–Crippen LogP) is 2.12. The van der Waals surface area contributed by atoms with E-state index in [4.69, 9.17) is 5.73 Å². The third-order valence-electron chi connectivity index (χ3n) is 4.20. The molecular weight excluding hydrogens is 268 g/mol. The number of carbonyl (C=O) groups excluding carboxylic acids is 1. The van der Waals surface area contributed by atoms with Gasteiger partial charge in [0.1, 0.15) is 0 Å². The van der Waals surface area contributed by atoms with Crippen molar-refractivity contribution in [3.63, 3.8) is 0 Å². The van der Waals surface area contributed by atoms with Crippen LogP contribution in [-0.4, -0.2) is 24.2 Å². The second kappa shape index (κ2) is 6.19. The van der Waals surface area contributed by atoms with Gasteiger partial charge in [-0.2, -0.15) is 0 Å². The van der Waals surface area contributed by atoms with Crippen LogP contribution in [0.2, 0.25) is 0 Å². The SMILES string of the molecule is NC(CNC(=O)CSc1ccc2c(c1)CCC2)C1CC1. The monoisotopic (exact) mass is 290 g/mol. The Hall–Kier alpha value is -1.00. The van der Waals surface area contributed by atoms with Crippen molar-refractivity contribution in [2.75, 3.05) is 12.3 Å². The molecule has 0 heterocycles. The molecule has 2 aliphatic carbocycles. The summed E-state index contributed by atoms with van der Waals surface area (Å²) in [6.07, 6.45) is 6.11. The fourth-order valence-corrected chi connectivity index (χ4v) is 3.55. The van der Waals surface area contributed by atoms with Crippen LogP contribution < -0.4 is 11.1 Å². The van der Waals surface area contributed by atoms with Gasteiger partial charge in [-0.1, -0.05) is 6.07 Å². The number of aryl methyl sites for hydroxylation is 2. The average molecular weight is 290 g/mol. The van der Waals surface area contributed by atoms with E-state index < -0.39 is 0 Å². The number of amides is 1. The standard InChI is InChI=1S/C16H22N2OS/c17-15(12-4-5-12)9-18-16(19)10-20-14-7-6-11-2-1-3-13(11)8-14/h6-8,12,15H,1-5,9-10,17H2,(H,18,19). The second-order valence-corrected chi connectivity index (χ2v) is 6.93. The first-order chi connectivity index (χ1) is 9.72. The molecule has 20 heavy (non-hydrogen) atoms. The minimum Gasteiger partial charge on any atom is -0.354 e. The van der Waals surface area contributed by atoms with E-state index in [1.165, 1.54) is 48.1 Å². The van der Waals surface area contributed by atoms with E-state index in [1.807, 2.05) is 0 Å². The van der Waals surface area contributed by atoms with Crippen LogP contribution in [0.25, 0.3) is 0 Å². The molecule has 3 N–H and O–H groups in total. The molecule has 0 bridgehead atoms. The maximum absolute atomic E-state index is 11.8. The number of hydrogen-bond donors (Lipinski definition) is 2. The molecule has 1 saturated carbocycles. The van der Waals surface area contributed by atoms with Gasteiger partial charge in [0.05, 0.1) is 5.75 Å². The molecule has 0 radical (unpaired) electrons. The Morgan fingerprint density at radius 3 is 2.95 bits per heavy atom. The van der Waals surface area contributed by atoms with Crippen molar-refractivity contribution >= 4 is 17.7 Å². The molecular formula is C16H22N2OS. The highest BCUT2D eigenvalue weighted by Gasteiger charge is 2.28. The summed E-state index contributed by atoms with van der Waals surface area (Å²) in [5, 5.41) is 2.94. The lowest BCUT2D eigenvalue weighted by Crippen LogP contribution is -2.39. The lowest BCUT2D eigenvalue weighted by molar-refractivity contribution is -0.118. The quantitative estimate of drug-likeness (QED) is 0.789. The molecule has 0 aliphatic heterocycles. The van der Waals surface area contributed by atoms with E-state index in [0.717, 1.165) is 0 Å². The minimum absolute atomic E-state index is 0.0894. The van der Waals surface area contributed by atoms with E-state index in [-0.39, 0.29) is 11.9 Å². The molecule has 3 nitrogen and oxygen atoms in total. The number of carbonyl (C=O) groups is 1. The van der Waals surface area contributed by atoms with E-state index in [9.17, 15) is 4.79 Å². The van der Waals surface area contributed by atoms with Crippen LogP contribution in [0.4, 0.5) is 0 Å². The summed E-state index contributed by atoms with van der Waals surface area (Å²) in [5.74, 6) is 1.21. The van der Waals surface area contributed by atoms with E-state index in [1.54, 1.807) is 11.8 Å². The summed E-state index contributed by atoms with van der Waals surface area (Å²) in [5.41, 5.74) is 8.92. The van der Waals surface area contributed by atoms with Gasteiger partial charge in [0.2, 0.25) is 5.91 Å². The van der Waals surface area contributed by atoms with Gasteiger partial charge < -0.3 is 11.1 Å². The maximum Gasteiger partial charge on any atom is 0.230 e. The van der Waals surface area contributed by atoms with Gasteiger partial charge in [0.15, 0.2) is 0 Å². The summed E-state index contributed by atoms with van der Waals surface area (Å²) in [6, 6.07) is 6.74. The Morgan fingerprint density at radius 2 is 2.15 bits per heavy atom. The zero-order valence-corrected chi connectivity index (χ0v) is 12.5. The Bertz CT molecular complexity index is 499. The lowest BCUT2D eigenvalue weighted by atomic mass is 10.1. The van der Waals surface area contributed by atoms with Crippen molar-refractivity contribution in [2.45, 2.75) is 43.0 Å². The number of nitrogens with two attached hydrogens (primary N) is 1. The molecule has 1 atom stereocenters. The number of thioether (sulfide) groups is 1. The van der Waals surface area contributed by atoms with Gasteiger partial charge in [0.25, 0.3) is 0 Å². The lowest BCUT2D eigenvalue weighted by Gasteiger charge is -2.11. The summed E-state index contributed by atoms with van der Waals surface area (Å²) < 4.78 is 0. The first kappa shape index (κ1) is 14.0. The van der Waals surface area contributed by atoms with Crippen molar-refractivity contribution in [2.24, 2.45) is 11.7 Å². The first-order valence-corrected chi connectivity index (χ1v) is 8.48. The van der Waals surface area contributed by atoms with Crippen molar-refractivity contribution < 1.29 is 4.79 Å². The molecule has 2 aliphatic rings. The predicted molar refractivity (Wildman–Crippen MR) is 82.9 cm³/mol. The van der Waals surface area contributed by atoms with Gasteiger partial charge in [-0.3, -0.25) is 4.79 Å². The first-order valence-electron chi connectivity index (χ1n) is 7.49. The van der Waals surface area contributed by atoms with Gasteiger partial charge in [-0.15, -0.1) is 11.8 Å². The van der Waals surface area contributed by atoms with Crippen LogP contribution in [-0.2, 0) is 17.6 Å². The highest BCUT2D eigenvalue weighted by molar-refractivity contribution is 8.00. The normalized spacial score (nSPS) is 18.6. The van der Waals surface area contributed by atoms with Crippen molar-refractivity contribution in [3.05, 3.63) is 29.3 Å². The molecule has 3 rings (SSSR count). The van der Waals surface area contributed by atoms with Crippen molar-refractivity contribution in [1.29, 1.82) is 0 Å². The summed E-state index contributed by atoms with van der Waals surface area (Å²) in [6.45, 7) is 0.619. The topological polar surface area (TPSA) is 55.1 Å². The average Bonchev–Trinajstić information content (AvgIpc) is 3.20. The van der Waals surface area contributed by atoms with E-state index in [2.05, 4.69) is 23.5 Å². The van der Waals surface area contributed by atoms with Crippen molar-refractivity contribution in [3.8, 4) is 0 Å². The second-order valence-electron chi connectivity index (χ2n) is 5.88. The number of nitrogens with one attached hydrogen (secondary N) is 1. The molecule has 4 heteroatoms. The van der Waals surface area contributed by atoms with Gasteiger partial charge in [-0.25, -0.2) is 0 Å². The molecule has 0 saturated heterocycles. The highest BCUT2D eigenvalue weighted by Crippen LogP contribution is 2.31. The minimum atomic E-state index is 0.0894. The zero-order valence-electron chi connectivity index (χ0n) is 11.7. The third kappa shape index (κ3) is 3.55. The molecule has 108 valence electrons. The van der Waals surface area contributed by atoms with E-state index in [0.29, 0.717) is 18.2 Å². The number of rotatable bonds is 6.